The highest BCUT2D eigenvalue weighted by Crippen LogP contribution is 2.30. The summed E-state index contributed by atoms with van der Waals surface area (Å²) in [6.45, 7) is 1.99. The van der Waals surface area contributed by atoms with Crippen molar-refractivity contribution in [2.45, 2.75) is 44.6 Å². The monoisotopic (exact) mass is 413 g/mol. The SMILES string of the molecule is COC(=O)[C@H]1CC[C@H](NC(=O)c2ccc(-c3nc4c(s3)CCNCC4)cc2)CC1. The van der Waals surface area contributed by atoms with Gasteiger partial charge in [0.15, 0.2) is 0 Å². The molecule has 0 unspecified atom stereocenters. The van der Waals surface area contributed by atoms with Crippen molar-refractivity contribution in [3.63, 3.8) is 0 Å². The van der Waals surface area contributed by atoms with Crippen molar-refractivity contribution >= 4 is 23.2 Å². The summed E-state index contributed by atoms with van der Waals surface area (Å²) in [5.74, 6) is -0.225. The van der Waals surface area contributed by atoms with E-state index in [1.165, 1.54) is 17.7 Å². The van der Waals surface area contributed by atoms with Crippen LogP contribution in [0.2, 0.25) is 0 Å². The van der Waals surface area contributed by atoms with Crippen LogP contribution in [0.25, 0.3) is 10.6 Å². The van der Waals surface area contributed by atoms with Crippen molar-refractivity contribution in [3.8, 4) is 10.6 Å². The quantitative estimate of drug-likeness (QED) is 0.754. The standard InChI is InChI=1S/C22H27N3O3S/c1-28-22(27)16-6-8-17(9-7-16)24-20(26)14-2-4-15(5-3-14)21-25-18-10-12-23-13-11-19(18)29-21/h2-5,16-17,23H,6-13H2,1H3,(H,24,26)/t16-,17-. The van der Waals surface area contributed by atoms with Crippen LogP contribution in [0.3, 0.4) is 0 Å². The van der Waals surface area contributed by atoms with Crippen molar-refractivity contribution < 1.29 is 14.3 Å². The van der Waals surface area contributed by atoms with Gasteiger partial charge in [0.25, 0.3) is 5.91 Å². The van der Waals surface area contributed by atoms with Crippen LogP contribution in [0.4, 0.5) is 0 Å². The number of carbonyl (C=O) groups is 2. The molecule has 2 N–H and O–H groups in total. The molecule has 2 heterocycles. The zero-order valence-corrected chi connectivity index (χ0v) is 17.5. The Kier molecular flexibility index (Phi) is 6.25. The van der Waals surface area contributed by atoms with Gasteiger partial charge in [-0.15, -0.1) is 11.3 Å². The van der Waals surface area contributed by atoms with Crippen LogP contribution >= 0.6 is 11.3 Å². The third-order valence-corrected chi connectivity index (χ3v) is 7.04. The molecule has 29 heavy (non-hydrogen) atoms. The van der Waals surface area contributed by atoms with Crippen molar-refractivity contribution in [2.24, 2.45) is 5.92 Å². The molecule has 4 rings (SSSR count). The molecule has 1 aliphatic carbocycles. The molecule has 2 aliphatic rings. The summed E-state index contributed by atoms with van der Waals surface area (Å²) in [5.41, 5.74) is 2.93. The van der Waals surface area contributed by atoms with E-state index in [1.807, 2.05) is 24.3 Å². The Labute approximate surface area is 175 Å². The lowest BCUT2D eigenvalue weighted by Crippen LogP contribution is -2.38. The minimum absolute atomic E-state index is 0.0309. The van der Waals surface area contributed by atoms with E-state index in [0.717, 1.165) is 62.2 Å². The molecule has 0 spiro atoms. The van der Waals surface area contributed by atoms with Crippen LogP contribution in [0.1, 0.15) is 46.6 Å². The summed E-state index contributed by atoms with van der Waals surface area (Å²) in [5, 5.41) is 7.54. The van der Waals surface area contributed by atoms with Crippen LogP contribution in [-0.4, -0.2) is 43.1 Å². The van der Waals surface area contributed by atoms with Gasteiger partial charge in [-0.3, -0.25) is 9.59 Å². The summed E-state index contributed by atoms with van der Waals surface area (Å²) in [4.78, 5) is 30.4. The van der Waals surface area contributed by atoms with Crippen LogP contribution < -0.4 is 10.6 Å². The third-order valence-electron chi connectivity index (χ3n) is 5.84. The fourth-order valence-corrected chi connectivity index (χ4v) is 5.22. The number of hydrogen-bond donors (Lipinski definition) is 2. The van der Waals surface area contributed by atoms with Gasteiger partial charge >= 0.3 is 5.97 Å². The number of benzene rings is 1. The van der Waals surface area contributed by atoms with Gasteiger partial charge in [0.1, 0.15) is 5.01 Å². The van der Waals surface area contributed by atoms with Crippen LogP contribution in [0, 0.1) is 5.92 Å². The number of nitrogens with zero attached hydrogens (tertiary/aromatic N) is 1. The summed E-state index contributed by atoms with van der Waals surface area (Å²) in [6, 6.07) is 7.84. The molecule has 0 atom stereocenters. The number of aromatic nitrogens is 1. The topological polar surface area (TPSA) is 80.3 Å². The smallest absolute Gasteiger partial charge is 0.308 e. The highest BCUT2D eigenvalue weighted by atomic mass is 32.1. The maximum absolute atomic E-state index is 12.6. The number of ether oxygens (including phenoxy) is 1. The first-order chi connectivity index (χ1) is 14.1. The molecule has 0 radical (unpaired) electrons. The lowest BCUT2D eigenvalue weighted by atomic mass is 9.86. The third kappa shape index (κ3) is 4.67. The predicted octanol–water partition coefficient (Wildman–Crippen LogP) is 2.96. The first-order valence-corrected chi connectivity index (χ1v) is 11.1. The number of nitrogens with one attached hydrogen (secondary N) is 2. The van der Waals surface area contributed by atoms with Gasteiger partial charge in [-0.25, -0.2) is 4.98 Å². The van der Waals surface area contributed by atoms with Gasteiger partial charge in [-0.1, -0.05) is 12.1 Å². The van der Waals surface area contributed by atoms with Gasteiger partial charge in [0.05, 0.1) is 18.7 Å². The number of fused-ring (bicyclic) bond motifs is 1. The molecule has 7 heteroatoms. The first kappa shape index (κ1) is 20.0. The molecular weight excluding hydrogens is 386 g/mol. The molecule has 0 saturated heterocycles. The molecule has 1 aromatic heterocycles. The largest absolute Gasteiger partial charge is 0.469 e. The number of carbonyl (C=O) groups excluding carboxylic acids is 2. The van der Waals surface area contributed by atoms with Gasteiger partial charge in [0.2, 0.25) is 0 Å². The van der Waals surface area contributed by atoms with Crippen molar-refractivity contribution in [2.75, 3.05) is 20.2 Å². The Morgan fingerprint density at radius 3 is 2.55 bits per heavy atom. The number of amides is 1. The van der Waals surface area contributed by atoms with Crippen LogP contribution in [0.15, 0.2) is 24.3 Å². The Morgan fingerprint density at radius 1 is 1.10 bits per heavy atom. The zero-order valence-electron chi connectivity index (χ0n) is 16.7. The van der Waals surface area contributed by atoms with E-state index in [9.17, 15) is 9.59 Å². The van der Waals surface area contributed by atoms with Crippen LogP contribution in [0.5, 0.6) is 0 Å². The van der Waals surface area contributed by atoms with E-state index in [0.29, 0.717) is 5.56 Å². The Hall–Kier alpha value is -2.25. The van der Waals surface area contributed by atoms with E-state index in [1.54, 1.807) is 11.3 Å². The summed E-state index contributed by atoms with van der Waals surface area (Å²) < 4.78 is 4.82. The number of methoxy groups -OCH3 is 1. The second-order valence-electron chi connectivity index (χ2n) is 7.76. The second-order valence-corrected chi connectivity index (χ2v) is 8.85. The minimum atomic E-state index is -0.138. The fourth-order valence-electron chi connectivity index (χ4n) is 4.10. The van der Waals surface area contributed by atoms with E-state index in [4.69, 9.17) is 9.72 Å². The van der Waals surface area contributed by atoms with Crippen molar-refractivity contribution in [1.82, 2.24) is 15.6 Å². The summed E-state index contributed by atoms with van der Waals surface area (Å²) >= 11 is 1.76. The predicted molar refractivity (Wildman–Crippen MR) is 113 cm³/mol. The molecule has 1 saturated carbocycles. The molecule has 1 aliphatic heterocycles. The van der Waals surface area contributed by atoms with Gasteiger partial charge in [0, 0.05) is 41.6 Å². The number of rotatable bonds is 4. The Morgan fingerprint density at radius 2 is 1.83 bits per heavy atom. The Bertz CT molecular complexity index is 846. The zero-order chi connectivity index (χ0) is 20.2. The van der Waals surface area contributed by atoms with E-state index in [2.05, 4.69) is 10.6 Å². The van der Waals surface area contributed by atoms with Gasteiger partial charge < -0.3 is 15.4 Å². The molecule has 1 fully saturated rings. The summed E-state index contributed by atoms with van der Waals surface area (Å²) in [6.07, 6.45) is 5.16. The molecule has 1 aromatic carbocycles. The maximum atomic E-state index is 12.6. The maximum Gasteiger partial charge on any atom is 0.308 e. The molecular formula is C22H27N3O3S. The highest BCUT2D eigenvalue weighted by molar-refractivity contribution is 7.15. The van der Waals surface area contributed by atoms with Gasteiger partial charge in [-0.2, -0.15) is 0 Å². The average Bonchev–Trinajstić information content (AvgIpc) is 3.04. The lowest BCUT2D eigenvalue weighted by molar-refractivity contribution is -0.146. The molecule has 2 aromatic rings. The number of esters is 1. The minimum Gasteiger partial charge on any atom is -0.469 e. The highest BCUT2D eigenvalue weighted by Gasteiger charge is 2.27. The fraction of sp³-hybridized carbons (Fsp3) is 0.500. The normalized spacial score (nSPS) is 21.7. The molecule has 1 amide bonds. The van der Waals surface area contributed by atoms with Gasteiger partial charge in [-0.05, 0) is 44.2 Å². The van der Waals surface area contributed by atoms with Crippen molar-refractivity contribution in [3.05, 3.63) is 40.4 Å². The number of hydrogen-bond acceptors (Lipinski definition) is 6. The van der Waals surface area contributed by atoms with E-state index >= 15 is 0 Å². The molecule has 6 nitrogen and oxygen atoms in total. The van der Waals surface area contributed by atoms with E-state index < -0.39 is 0 Å². The molecule has 154 valence electrons. The average molecular weight is 414 g/mol. The summed E-state index contributed by atoms with van der Waals surface area (Å²) in [7, 11) is 1.43. The van der Waals surface area contributed by atoms with E-state index in [-0.39, 0.29) is 23.8 Å². The van der Waals surface area contributed by atoms with Crippen LogP contribution in [-0.2, 0) is 22.4 Å². The number of thiazole rings is 1. The molecule has 0 bridgehead atoms. The Balaban J connectivity index is 1.36. The van der Waals surface area contributed by atoms with Crippen molar-refractivity contribution in [1.29, 1.82) is 0 Å². The second kappa shape index (κ2) is 9.05. The lowest BCUT2D eigenvalue weighted by Gasteiger charge is -2.27. The first-order valence-electron chi connectivity index (χ1n) is 10.3.